The predicted octanol–water partition coefficient (Wildman–Crippen LogP) is 1.85. The van der Waals surface area contributed by atoms with E-state index >= 15 is 0 Å². The molecule has 0 N–H and O–H groups in total. The van der Waals surface area contributed by atoms with E-state index in [1.54, 1.807) is 6.07 Å². The molecule has 1 saturated carbocycles. The first kappa shape index (κ1) is 12.7. The van der Waals surface area contributed by atoms with Crippen molar-refractivity contribution >= 4 is 17.0 Å². The van der Waals surface area contributed by atoms with Gasteiger partial charge in [0.25, 0.3) is 0 Å². The van der Waals surface area contributed by atoms with Crippen molar-refractivity contribution in [3.63, 3.8) is 0 Å². The van der Waals surface area contributed by atoms with Gasteiger partial charge in [-0.15, -0.1) is 0 Å². The highest BCUT2D eigenvalue weighted by Gasteiger charge is 2.59. The average molecular weight is 286 g/mol. The quantitative estimate of drug-likeness (QED) is 0.865. The number of carbonyl (C=O) groups excluding carboxylic acids is 1. The molecule has 2 heterocycles. The number of hydrogen-bond donors (Lipinski definition) is 0. The number of piperidine rings is 1. The molecule has 1 aromatic carbocycles. The van der Waals surface area contributed by atoms with E-state index in [4.69, 9.17) is 4.42 Å². The smallest absolute Gasteiger partial charge is 0.408 e. The van der Waals surface area contributed by atoms with E-state index in [1.165, 1.54) is 11.0 Å². The van der Waals surface area contributed by atoms with E-state index in [0.29, 0.717) is 22.4 Å². The first-order valence-electron chi connectivity index (χ1n) is 7.49. The van der Waals surface area contributed by atoms with Crippen molar-refractivity contribution in [2.45, 2.75) is 26.3 Å². The van der Waals surface area contributed by atoms with Gasteiger partial charge in [0.2, 0.25) is 5.91 Å². The number of nitrogens with zero attached hydrogens (tertiary/aromatic N) is 2. The van der Waals surface area contributed by atoms with Crippen LogP contribution in [0.25, 0.3) is 11.1 Å². The monoisotopic (exact) mass is 286 g/mol. The fourth-order valence-corrected chi connectivity index (χ4v) is 3.73. The lowest BCUT2D eigenvalue weighted by molar-refractivity contribution is -0.131. The van der Waals surface area contributed by atoms with Crippen molar-refractivity contribution in [1.82, 2.24) is 9.47 Å². The summed E-state index contributed by atoms with van der Waals surface area (Å²) in [6, 6.07) is 7.21. The Labute approximate surface area is 122 Å². The molecule has 2 atom stereocenters. The Kier molecular flexibility index (Phi) is 2.55. The summed E-state index contributed by atoms with van der Waals surface area (Å²) in [4.78, 5) is 26.3. The van der Waals surface area contributed by atoms with Crippen molar-refractivity contribution in [1.29, 1.82) is 0 Å². The number of carbonyl (C=O) groups is 1. The molecule has 0 spiro atoms. The van der Waals surface area contributed by atoms with E-state index in [2.05, 4.69) is 6.92 Å². The van der Waals surface area contributed by atoms with Crippen molar-refractivity contribution in [3.8, 4) is 0 Å². The molecule has 1 aliphatic heterocycles. The van der Waals surface area contributed by atoms with Gasteiger partial charge < -0.3 is 9.32 Å². The zero-order valence-electron chi connectivity index (χ0n) is 12.0. The summed E-state index contributed by atoms with van der Waals surface area (Å²) in [5, 5.41) is 0. The zero-order valence-corrected chi connectivity index (χ0v) is 12.0. The summed E-state index contributed by atoms with van der Waals surface area (Å²) in [5.41, 5.74) is 1.59. The summed E-state index contributed by atoms with van der Waals surface area (Å²) >= 11 is 0. The summed E-state index contributed by atoms with van der Waals surface area (Å²) in [5.74, 6) is 0.229. The highest BCUT2D eigenvalue weighted by Crippen LogP contribution is 2.59. The number of benzene rings is 1. The van der Waals surface area contributed by atoms with Gasteiger partial charge in [-0.1, -0.05) is 19.1 Å². The van der Waals surface area contributed by atoms with Crippen molar-refractivity contribution < 1.29 is 9.21 Å². The predicted molar refractivity (Wildman–Crippen MR) is 77.9 cm³/mol. The van der Waals surface area contributed by atoms with Crippen molar-refractivity contribution in [2.75, 3.05) is 13.1 Å². The van der Waals surface area contributed by atoms with Crippen LogP contribution >= 0.6 is 0 Å². The molecule has 5 nitrogen and oxygen atoms in total. The van der Waals surface area contributed by atoms with Crippen LogP contribution in [0, 0.1) is 11.3 Å². The minimum atomic E-state index is -0.459. The lowest BCUT2D eigenvalue weighted by atomic mass is 10.0. The second-order valence-corrected chi connectivity index (χ2v) is 6.31. The average Bonchev–Trinajstić information content (AvgIpc) is 2.90. The van der Waals surface area contributed by atoms with Gasteiger partial charge >= 0.3 is 5.76 Å². The molecule has 5 heteroatoms. The Morgan fingerprint density at radius 3 is 3.00 bits per heavy atom. The van der Waals surface area contributed by atoms with Crippen LogP contribution < -0.4 is 5.76 Å². The second-order valence-electron chi connectivity index (χ2n) is 6.31. The second kappa shape index (κ2) is 4.23. The van der Waals surface area contributed by atoms with Gasteiger partial charge in [0.1, 0.15) is 6.54 Å². The molecule has 2 aromatic rings. The van der Waals surface area contributed by atoms with Crippen LogP contribution in [0.2, 0.25) is 0 Å². The Morgan fingerprint density at radius 2 is 2.24 bits per heavy atom. The van der Waals surface area contributed by atoms with Gasteiger partial charge in [-0.3, -0.25) is 9.36 Å². The number of amides is 1. The van der Waals surface area contributed by atoms with Crippen LogP contribution in [0.1, 0.15) is 19.8 Å². The molecule has 1 aliphatic carbocycles. The number of oxazole rings is 1. The van der Waals surface area contributed by atoms with Crippen LogP contribution in [0.5, 0.6) is 0 Å². The Morgan fingerprint density at radius 1 is 1.43 bits per heavy atom. The van der Waals surface area contributed by atoms with E-state index in [1.807, 2.05) is 23.1 Å². The van der Waals surface area contributed by atoms with Gasteiger partial charge in [-0.05, 0) is 36.3 Å². The van der Waals surface area contributed by atoms with Gasteiger partial charge in [0.15, 0.2) is 5.58 Å². The Hall–Kier alpha value is -2.04. The molecule has 1 saturated heterocycles. The van der Waals surface area contributed by atoms with E-state index < -0.39 is 5.76 Å². The Bertz CT molecular complexity index is 771. The van der Waals surface area contributed by atoms with Crippen LogP contribution in [0.3, 0.4) is 0 Å². The molecule has 21 heavy (non-hydrogen) atoms. The fraction of sp³-hybridized carbons (Fsp3) is 0.500. The standard InChI is InChI=1S/C16H18N2O3/c1-2-16-7-11(16)8-17(10-16)14(19)9-18-12-5-3-4-6-13(12)21-15(18)20/h3-6,11H,2,7-10H2,1H3. The highest BCUT2D eigenvalue weighted by molar-refractivity contribution is 5.80. The molecule has 2 aliphatic rings. The third kappa shape index (κ3) is 1.83. The normalized spacial score (nSPS) is 27.1. The number of fused-ring (bicyclic) bond motifs is 2. The van der Waals surface area contributed by atoms with Gasteiger partial charge in [0.05, 0.1) is 5.52 Å². The van der Waals surface area contributed by atoms with Gasteiger partial charge in [-0.25, -0.2) is 4.79 Å². The van der Waals surface area contributed by atoms with E-state index in [9.17, 15) is 9.59 Å². The van der Waals surface area contributed by atoms with Crippen LogP contribution in [0.4, 0.5) is 0 Å². The minimum Gasteiger partial charge on any atom is -0.408 e. The largest absolute Gasteiger partial charge is 0.420 e. The van der Waals surface area contributed by atoms with Crippen molar-refractivity contribution in [2.24, 2.45) is 11.3 Å². The number of aromatic nitrogens is 1. The number of hydrogen-bond acceptors (Lipinski definition) is 3. The lowest BCUT2D eigenvalue weighted by Crippen LogP contribution is -2.36. The van der Waals surface area contributed by atoms with E-state index in [0.717, 1.165) is 19.5 Å². The van der Waals surface area contributed by atoms with Crippen molar-refractivity contribution in [3.05, 3.63) is 34.8 Å². The number of rotatable bonds is 3. The molecule has 110 valence electrons. The first-order valence-corrected chi connectivity index (χ1v) is 7.49. The van der Waals surface area contributed by atoms with Crippen LogP contribution in [-0.2, 0) is 11.3 Å². The summed E-state index contributed by atoms with van der Waals surface area (Å²) < 4.78 is 6.60. The molecule has 2 fully saturated rings. The lowest BCUT2D eigenvalue weighted by Gasteiger charge is -2.20. The zero-order chi connectivity index (χ0) is 14.6. The first-order chi connectivity index (χ1) is 10.1. The van der Waals surface area contributed by atoms with Crippen LogP contribution in [-0.4, -0.2) is 28.5 Å². The van der Waals surface area contributed by atoms with Gasteiger partial charge in [0, 0.05) is 13.1 Å². The van der Waals surface area contributed by atoms with Gasteiger partial charge in [-0.2, -0.15) is 0 Å². The third-order valence-corrected chi connectivity index (χ3v) is 5.23. The number of likely N-dealkylation sites (tertiary alicyclic amines) is 1. The molecular weight excluding hydrogens is 268 g/mol. The molecule has 1 aromatic heterocycles. The maximum absolute atomic E-state index is 12.5. The van der Waals surface area contributed by atoms with Crippen LogP contribution in [0.15, 0.2) is 33.5 Å². The maximum atomic E-state index is 12.5. The molecular formula is C16H18N2O3. The topological polar surface area (TPSA) is 55.5 Å². The minimum absolute atomic E-state index is 0.0173. The van der Waals surface area contributed by atoms with E-state index in [-0.39, 0.29) is 12.5 Å². The molecule has 1 amide bonds. The molecule has 4 rings (SSSR count). The molecule has 2 unspecified atom stereocenters. The summed E-state index contributed by atoms with van der Waals surface area (Å²) in [6.07, 6.45) is 2.39. The molecule has 0 bridgehead atoms. The SMILES string of the molecule is CCC12CC1CN(C(=O)Cn1c(=O)oc3ccccc31)C2. The summed E-state index contributed by atoms with van der Waals surface area (Å²) in [6.45, 7) is 3.96. The third-order valence-electron chi connectivity index (χ3n) is 5.23. The highest BCUT2D eigenvalue weighted by atomic mass is 16.4. The maximum Gasteiger partial charge on any atom is 0.420 e. The number of para-hydroxylation sites is 2. The fourth-order valence-electron chi connectivity index (χ4n) is 3.73. The molecule has 0 radical (unpaired) electrons. The summed E-state index contributed by atoms with van der Waals surface area (Å²) in [7, 11) is 0. The Balaban J connectivity index is 1.57.